The van der Waals surface area contributed by atoms with Crippen LogP contribution in [0.25, 0.3) is 11.3 Å². The molecule has 1 N–H and O–H groups in total. The van der Waals surface area contributed by atoms with E-state index >= 15 is 0 Å². The quantitative estimate of drug-likeness (QED) is 0.713. The lowest BCUT2D eigenvalue weighted by Gasteiger charge is -2.24. The van der Waals surface area contributed by atoms with Gasteiger partial charge in [-0.15, -0.1) is 0 Å². The molecule has 6 nitrogen and oxygen atoms in total. The number of ether oxygens (including phenoxy) is 1. The van der Waals surface area contributed by atoms with E-state index in [2.05, 4.69) is 15.2 Å². The number of rotatable bonds is 6. The molecule has 0 bridgehead atoms. The van der Waals surface area contributed by atoms with E-state index in [-0.39, 0.29) is 12.0 Å². The first-order valence-electron chi connectivity index (χ1n) is 9.62. The number of hydrogen-bond donors (Lipinski definition) is 1. The Morgan fingerprint density at radius 1 is 1.25 bits per heavy atom. The van der Waals surface area contributed by atoms with E-state index in [9.17, 15) is 4.79 Å². The Kier molecular flexibility index (Phi) is 5.48. The molecule has 1 saturated heterocycles. The molecular formula is C22H24N4O2. The molecular weight excluding hydrogens is 352 g/mol. The van der Waals surface area contributed by atoms with Crippen LogP contribution in [0.5, 0.6) is 0 Å². The predicted molar refractivity (Wildman–Crippen MR) is 107 cm³/mol. The summed E-state index contributed by atoms with van der Waals surface area (Å²) in [7, 11) is 0. The Morgan fingerprint density at radius 3 is 2.82 bits per heavy atom. The second-order valence-corrected chi connectivity index (χ2v) is 7.17. The molecule has 0 aliphatic carbocycles. The van der Waals surface area contributed by atoms with Crippen molar-refractivity contribution in [2.75, 3.05) is 13.2 Å². The summed E-state index contributed by atoms with van der Waals surface area (Å²) in [5, 5.41) is 7.25. The third kappa shape index (κ3) is 4.28. The molecule has 28 heavy (non-hydrogen) atoms. The Bertz CT molecular complexity index is 915. The van der Waals surface area contributed by atoms with Crippen LogP contribution in [0.1, 0.15) is 34.6 Å². The molecule has 0 spiro atoms. The molecule has 1 fully saturated rings. The van der Waals surface area contributed by atoms with Gasteiger partial charge in [-0.1, -0.05) is 35.9 Å². The Morgan fingerprint density at radius 2 is 2.11 bits per heavy atom. The van der Waals surface area contributed by atoms with Gasteiger partial charge in [0.1, 0.15) is 5.69 Å². The summed E-state index contributed by atoms with van der Waals surface area (Å²) in [5.74, 6) is -0.0907. The Labute approximate surface area is 164 Å². The van der Waals surface area contributed by atoms with Crippen molar-refractivity contribution in [3.63, 3.8) is 0 Å². The van der Waals surface area contributed by atoms with Crippen LogP contribution in [0.4, 0.5) is 0 Å². The fraction of sp³-hybridized carbons (Fsp3) is 0.318. The number of benzene rings is 1. The van der Waals surface area contributed by atoms with Crippen LogP contribution in [-0.4, -0.2) is 45.2 Å². The zero-order valence-corrected chi connectivity index (χ0v) is 16.0. The Balaban J connectivity index is 1.54. The minimum atomic E-state index is -0.0907. The normalized spacial score (nSPS) is 16.2. The van der Waals surface area contributed by atoms with E-state index in [4.69, 9.17) is 4.74 Å². The van der Waals surface area contributed by atoms with Crippen molar-refractivity contribution in [3.05, 3.63) is 71.7 Å². The fourth-order valence-electron chi connectivity index (χ4n) is 3.41. The van der Waals surface area contributed by atoms with E-state index in [1.54, 1.807) is 11.1 Å². The molecule has 2 aromatic heterocycles. The topological polar surface area (TPSA) is 71.1 Å². The molecule has 144 valence electrons. The van der Waals surface area contributed by atoms with Gasteiger partial charge in [-0.3, -0.25) is 14.9 Å². The summed E-state index contributed by atoms with van der Waals surface area (Å²) < 4.78 is 5.75. The SMILES string of the molecule is Cc1ccc(-c2cc(C(=O)N(Cc3ccccn3)C[C@@H]3CCCO3)[nH]n2)cc1. The minimum absolute atomic E-state index is 0.0761. The first kappa shape index (κ1) is 18.4. The van der Waals surface area contributed by atoms with Crippen LogP contribution in [0, 0.1) is 6.92 Å². The number of H-pyrrole nitrogens is 1. The zero-order valence-electron chi connectivity index (χ0n) is 16.0. The van der Waals surface area contributed by atoms with Crippen LogP contribution >= 0.6 is 0 Å². The maximum Gasteiger partial charge on any atom is 0.272 e. The fourth-order valence-corrected chi connectivity index (χ4v) is 3.41. The molecule has 0 saturated carbocycles. The van der Waals surface area contributed by atoms with E-state index < -0.39 is 0 Å². The number of aromatic nitrogens is 3. The zero-order chi connectivity index (χ0) is 19.3. The third-order valence-electron chi connectivity index (χ3n) is 4.97. The largest absolute Gasteiger partial charge is 0.376 e. The first-order valence-corrected chi connectivity index (χ1v) is 9.62. The van der Waals surface area contributed by atoms with Crippen LogP contribution < -0.4 is 0 Å². The van der Waals surface area contributed by atoms with Gasteiger partial charge in [0.15, 0.2) is 0 Å². The van der Waals surface area contributed by atoms with Crippen LogP contribution in [-0.2, 0) is 11.3 Å². The second kappa shape index (κ2) is 8.35. The van der Waals surface area contributed by atoms with Gasteiger partial charge < -0.3 is 9.64 Å². The molecule has 4 rings (SSSR count). The number of hydrogen-bond acceptors (Lipinski definition) is 4. The average Bonchev–Trinajstić information content (AvgIpc) is 3.40. The Hall–Kier alpha value is -2.99. The maximum absolute atomic E-state index is 13.2. The van der Waals surface area contributed by atoms with Crippen molar-refractivity contribution in [1.29, 1.82) is 0 Å². The van der Waals surface area contributed by atoms with Gasteiger partial charge in [-0.25, -0.2) is 0 Å². The van der Waals surface area contributed by atoms with Crippen molar-refractivity contribution in [2.45, 2.75) is 32.4 Å². The number of nitrogens with zero attached hydrogens (tertiary/aromatic N) is 3. The molecule has 6 heteroatoms. The number of aryl methyl sites for hydroxylation is 1. The van der Waals surface area contributed by atoms with Gasteiger partial charge in [0, 0.05) is 24.9 Å². The maximum atomic E-state index is 13.2. The van der Waals surface area contributed by atoms with Gasteiger partial charge in [0.25, 0.3) is 5.91 Å². The first-order chi connectivity index (χ1) is 13.7. The highest BCUT2D eigenvalue weighted by Crippen LogP contribution is 2.20. The summed E-state index contributed by atoms with van der Waals surface area (Å²) in [5.41, 5.74) is 4.26. The summed E-state index contributed by atoms with van der Waals surface area (Å²) >= 11 is 0. The van der Waals surface area contributed by atoms with Crippen molar-refractivity contribution < 1.29 is 9.53 Å². The highest BCUT2D eigenvalue weighted by molar-refractivity contribution is 5.93. The van der Waals surface area contributed by atoms with Gasteiger partial charge in [0.2, 0.25) is 0 Å². The lowest BCUT2D eigenvalue weighted by atomic mass is 10.1. The monoisotopic (exact) mass is 376 g/mol. The van der Waals surface area contributed by atoms with Crippen LogP contribution in [0.2, 0.25) is 0 Å². The van der Waals surface area contributed by atoms with E-state index in [0.717, 1.165) is 36.4 Å². The molecule has 1 amide bonds. The molecule has 0 radical (unpaired) electrons. The van der Waals surface area contributed by atoms with Crippen molar-refractivity contribution in [3.8, 4) is 11.3 Å². The lowest BCUT2D eigenvalue weighted by Crippen LogP contribution is -2.37. The summed E-state index contributed by atoms with van der Waals surface area (Å²) in [4.78, 5) is 19.4. The molecule has 1 aliphatic rings. The number of carbonyl (C=O) groups excluding carboxylic acids is 1. The highest BCUT2D eigenvalue weighted by Gasteiger charge is 2.25. The van der Waals surface area contributed by atoms with E-state index in [0.29, 0.717) is 18.8 Å². The molecule has 3 aromatic rings. The number of aromatic amines is 1. The predicted octanol–water partition coefficient (Wildman–Crippen LogP) is 3.60. The lowest BCUT2D eigenvalue weighted by molar-refractivity contribution is 0.0500. The third-order valence-corrected chi connectivity index (χ3v) is 4.97. The summed E-state index contributed by atoms with van der Waals surface area (Å²) in [6.07, 6.45) is 3.84. The standard InChI is InChI=1S/C22H24N4O2/c1-16-7-9-17(10-8-16)20-13-21(25-24-20)22(27)26(15-19-6-4-12-28-19)14-18-5-2-3-11-23-18/h2-3,5,7-11,13,19H,4,6,12,14-15H2,1H3,(H,24,25)/t19-/m0/s1. The van der Waals surface area contributed by atoms with Crippen molar-refractivity contribution in [1.82, 2.24) is 20.1 Å². The molecule has 1 atom stereocenters. The van der Waals surface area contributed by atoms with Crippen LogP contribution in [0.3, 0.4) is 0 Å². The van der Waals surface area contributed by atoms with Crippen molar-refractivity contribution in [2.24, 2.45) is 0 Å². The molecule has 3 heterocycles. The number of carbonyl (C=O) groups is 1. The van der Waals surface area contributed by atoms with E-state index in [1.807, 2.05) is 55.5 Å². The molecule has 0 unspecified atom stereocenters. The van der Waals surface area contributed by atoms with Gasteiger partial charge in [0.05, 0.1) is 24.0 Å². The van der Waals surface area contributed by atoms with E-state index in [1.165, 1.54) is 5.56 Å². The number of nitrogens with one attached hydrogen (secondary N) is 1. The molecule has 1 aromatic carbocycles. The number of amides is 1. The van der Waals surface area contributed by atoms with Crippen molar-refractivity contribution >= 4 is 5.91 Å². The average molecular weight is 376 g/mol. The van der Waals surface area contributed by atoms with Gasteiger partial charge >= 0.3 is 0 Å². The summed E-state index contributed by atoms with van der Waals surface area (Å²) in [6.45, 7) is 3.80. The number of pyridine rings is 1. The minimum Gasteiger partial charge on any atom is -0.376 e. The smallest absolute Gasteiger partial charge is 0.272 e. The summed E-state index contributed by atoms with van der Waals surface area (Å²) in [6, 6.07) is 15.7. The molecule has 1 aliphatic heterocycles. The second-order valence-electron chi connectivity index (χ2n) is 7.17. The highest BCUT2D eigenvalue weighted by atomic mass is 16.5. The van der Waals surface area contributed by atoms with Gasteiger partial charge in [-0.05, 0) is 38.0 Å². The van der Waals surface area contributed by atoms with Crippen LogP contribution in [0.15, 0.2) is 54.7 Å². The van der Waals surface area contributed by atoms with Gasteiger partial charge in [-0.2, -0.15) is 5.10 Å².